The lowest BCUT2D eigenvalue weighted by molar-refractivity contribution is -0.169. The fraction of sp³-hybridized carbons (Fsp3) is 0.302. The lowest BCUT2D eigenvalue weighted by atomic mass is 9.68. The van der Waals surface area contributed by atoms with E-state index in [0.717, 1.165) is 59.2 Å². The van der Waals surface area contributed by atoms with Crippen molar-refractivity contribution in [1.29, 1.82) is 0 Å². The van der Waals surface area contributed by atoms with Crippen LogP contribution in [0.2, 0.25) is 0 Å². The zero-order valence-electron chi connectivity index (χ0n) is 45.3. The molecule has 4 saturated heterocycles. The number of carbonyl (C=O) groups is 8. The Labute approximate surface area is 447 Å². The Bertz CT molecular complexity index is 3420. The summed E-state index contributed by atoms with van der Waals surface area (Å²) in [6, 6.07) is 35.6. The van der Waals surface area contributed by atoms with Crippen molar-refractivity contribution in [3.05, 3.63) is 144 Å². The summed E-state index contributed by atoms with van der Waals surface area (Å²) in [6.45, 7) is 25.1. The average Bonchev–Trinajstić information content (AvgIpc) is 3.34. The monoisotopic (exact) mass is 1030 g/mol. The highest BCUT2D eigenvalue weighted by atomic mass is 16.5. The van der Waals surface area contributed by atoms with Gasteiger partial charge in [-0.05, 0) is 141 Å². The Kier molecular flexibility index (Phi) is 12.0. The molecule has 6 aromatic rings. The molecule has 14 nitrogen and oxygen atoms in total. The van der Waals surface area contributed by atoms with Crippen LogP contribution in [-0.2, 0) is 60.0 Å². The fourth-order valence-corrected chi connectivity index (χ4v) is 10.2. The van der Waals surface area contributed by atoms with Gasteiger partial charge in [-0.15, -0.1) is 0 Å². The molecule has 14 heteroatoms. The van der Waals surface area contributed by atoms with E-state index in [2.05, 4.69) is 107 Å². The summed E-state index contributed by atoms with van der Waals surface area (Å²) in [6.07, 6.45) is -0.185. The van der Waals surface area contributed by atoms with Crippen molar-refractivity contribution in [2.24, 2.45) is 5.41 Å². The van der Waals surface area contributed by atoms with Crippen molar-refractivity contribution in [3.63, 3.8) is 0 Å². The molecule has 4 aliphatic heterocycles. The van der Waals surface area contributed by atoms with Crippen molar-refractivity contribution in [2.75, 3.05) is 19.6 Å². The summed E-state index contributed by atoms with van der Waals surface area (Å²) in [5.41, 5.74) is 4.57. The number of nitrogens with zero attached hydrogens (tertiary/aromatic N) is 4. The minimum absolute atomic E-state index is 0.0859. The highest BCUT2D eigenvalue weighted by molar-refractivity contribution is 6.64. The van der Waals surface area contributed by atoms with E-state index < -0.39 is 39.9 Å². The number of hydrogen-bond acceptors (Lipinski definition) is 10. The summed E-state index contributed by atoms with van der Waals surface area (Å²) in [5, 5.41) is 0. The molecule has 4 fully saturated rings. The summed E-state index contributed by atoms with van der Waals surface area (Å²) >= 11 is 0. The van der Waals surface area contributed by atoms with E-state index in [1.165, 1.54) is 4.90 Å². The van der Waals surface area contributed by atoms with Crippen molar-refractivity contribution >= 4 is 70.0 Å². The molecule has 0 aliphatic carbocycles. The number of β-lactam (4-membered cyclic amide) rings is 8. The van der Waals surface area contributed by atoms with E-state index >= 15 is 0 Å². The molecule has 6 aromatic carbocycles. The van der Waals surface area contributed by atoms with Crippen molar-refractivity contribution in [1.82, 2.24) is 0 Å². The van der Waals surface area contributed by atoms with Crippen LogP contribution in [0.15, 0.2) is 121 Å². The maximum absolute atomic E-state index is 13.9. The molecule has 4 aliphatic rings. The highest BCUT2D eigenvalue weighted by Gasteiger charge is 2.80. The van der Waals surface area contributed by atoms with Crippen molar-refractivity contribution < 1.29 is 47.8 Å². The van der Waals surface area contributed by atoms with Gasteiger partial charge in [-0.2, -0.15) is 0 Å². The van der Waals surface area contributed by atoms with E-state index in [-0.39, 0.29) is 58.7 Å². The Balaban J connectivity index is 0.858. The standard InChI is InChI=1S/C63H60N4O10/c1-59(2,3)45-29-37(35-13-17-39(18-14-35)64-49(68)33-50(64)69)30-46(60(4,5)6)54(45)77-44-27-23-42(24-28-44)67-57(74)63(58(67)75)55(72)66(56(63)73)41-19-15-36(16-20-41)38-31-47(61(7,8)9)53(48(32-38)62(10,11)12)76-43-25-21-40(22-26-43)65-51(70)34-52(65)71/h13-32H,33-34H2,1-12H3. The van der Waals surface area contributed by atoms with Gasteiger partial charge in [-0.25, -0.2) is 19.6 Å². The SMILES string of the molecule is CC(C)(C)c1cc(-c2ccc(N3C(=O)CC3=O)cc2)cc(C(C)(C)C)c1Oc1ccc(N2C(=O)C3(C2=O)C(=O)N(c2ccc(-c4cc(C(C)(C)C)c(Oc5ccc(N6C(=O)CC6=O)cc5)c(C(C)(C)C)c4)cc2)C3=O)cc1. The van der Waals surface area contributed by atoms with E-state index in [0.29, 0.717) is 34.4 Å². The molecule has 8 amide bonds. The summed E-state index contributed by atoms with van der Waals surface area (Å²) in [4.78, 5) is 108. The second-order valence-corrected chi connectivity index (χ2v) is 24.3. The number of benzene rings is 6. The topological polar surface area (TPSA) is 168 Å². The zero-order chi connectivity index (χ0) is 55.6. The average molecular weight is 1030 g/mol. The molecule has 0 atom stereocenters. The van der Waals surface area contributed by atoms with Crippen LogP contribution < -0.4 is 29.1 Å². The number of anilines is 4. The first-order valence-corrected chi connectivity index (χ1v) is 25.6. The van der Waals surface area contributed by atoms with Crippen LogP contribution in [0, 0.1) is 5.41 Å². The van der Waals surface area contributed by atoms with Crippen LogP contribution in [0.3, 0.4) is 0 Å². The lowest BCUT2D eigenvalue weighted by Gasteiger charge is -2.52. The van der Waals surface area contributed by atoms with Crippen LogP contribution in [0.25, 0.3) is 22.3 Å². The smallest absolute Gasteiger partial charge is 0.286 e. The van der Waals surface area contributed by atoms with Crippen LogP contribution >= 0.6 is 0 Å². The minimum Gasteiger partial charge on any atom is -0.457 e. The van der Waals surface area contributed by atoms with E-state index in [1.54, 1.807) is 84.9 Å². The molecular weight excluding hydrogens is 973 g/mol. The molecule has 0 radical (unpaired) electrons. The third-order valence-corrected chi connectivity index (χ3v) is 14.7. The number of rotatable bonds is 10. The maximum atomic E-state index is 13.9. The molecule has 0 aromatic heterocycles. The first-order chi connectivity index (χ1) is 36.0. The van der Waals surface area contributed by atoms with Gasteiger partial charge >= 0.3 is 0 Å². The quantitative estimate of drug-likeness (QED) is 0.0951. The van der Waals surface area contributed by atoms with Gasteiger partial charge in [0.05, 0.1) is 22.7 Å². The normalized spacial score (nSPS) is 16.7. The van der Waals surface area contributed by atoms with Gasteiger partial charge < -0.3 is 9.47 Å². The third kappa shape index (κ3) is 8.59. The lowest BCUT2D eigenvalue weighted by Crippen LogP contribution is -2.84. The number of amides is 8. The van der Waals surface area contributed by atoms with Crippen molar-refractivity contribution in [3.8, 4) is 45.3 Å². The Hall–Kier alpha value is -8.52. The predicted octanol–water partition coefficient (Wildman–Crippen LogP) is 11.8. The molecular formula is C63H60N4O10. The van der Waals surface area contributed by atoms with E-state index in [4.69, 9.17) is 9.47 Å². The number of ether oxygens (including phenoxy) is 2. The first-order valence-electron chi connectivity index (χ1n) is 25.6. The van der Waals surface area contributed by atoms with Crippen LogP contribution in [0.1, 0.15) is 118 Å². The molecule has 0 unspecified atom stereocenters. The minimum atomic E-state index is -2.45. The van der Waals surface area contributed by atoms with Crippen LogP contribution in [0.4, 0.5) is 22.7 Å². The van der Waals surface area contributed by atoms with Gasteiger partial charge in [0.25, 0.3) is 29.0 Å². The Morgan fingerprint density at radius 1 is 0.325 bits per heavy atom. The summed E-state index contributed by atoms with van der Waals surface area (Å²) in [7, 11) is 0. The van der Waals surface area contributed by atoms with Gasteiger partial charge in [0.2, 0.25) is 23.6 Å². The van der Waals surface area contributed by atoms with Gasteiger partial charge in [0, 0.05) is 22.3 Å². The first kappa shape index (κ1) is 51.9. The molecule has 392 valence electrons. The summed E-state index contributed by atoms with van der Waals surface area (Å²) in [5.74, 6) is -2.30. The van der Waals surface area contributed by atoms with Gasteiger partial charge in [-0.1, -0.05) is 107 Å². The van der Waals surface area contributed by atoms with Crippen molar-refractivity contribution in [2.45, 2.75) is 118 Å². The number of hydrogen-bond donors (Lipinski definition) is 0. The maximum Gasteiger partial charge on any atom is 0.286 e. The largest absolute Gasteiger partial charge is 0.457 e. The second-order valence-electron chi connectivity index (χ2n) is 24.3. The highest BCUT2D eigenvalue weighted by Crippen LogP contribution is 2.51. The van der Waals surface area contributed by atoms with Crippen LogP contribution in [-0.4, -0.2) is 47.3 Å². The van der Waals surface area contributed by atoms with E-state index in [1.807, 2.05) is 12.1 Å². The molecule has 77 heavy (non-hydrogen) atoms. The number of imide groups is 4. The second kappa shape index (κ2) is 17.8. The van der Waals surface area contributed by atoms with E-state index in [9.17, 15) is 38.4 Å². The molecule has 0 saturated carbocycles. The molecule has 0 bridgehead atoms. The van der Waals surface area contributed by atoms with Gasteiger partial charge in [0.15, 0.2) is 0 Å². The molecule has 4 heterocycles. The predicted molar refractivity (Wildman–Crippen MR) is 293 cm³/mol. The van der Waals surface area contributed by atoms with Crippen LogP contribution in [0.5, 0.6) is 23.0 Å². The third-order valence-electron chi connectivity index (χ3n) is 14.7. The number of carbonyl (C=O) groups excluding carboxylic acids is 8. The Morgan fingerprint density at radius 3 is 0.792 bits per heavy atom. The molecule has 1 spiro atoms. The van der Waals surface area contributed by atoms with Gasteiger partial charge in [-0.3, -0.25) is 38.4 Å². The zero-order valence-corrected chi connectivity index (χ0v) is 45.3. The summed E-state index contributed by atoms with van der Waals surface area (Å²) < 4.78 is 13.4. The molecule has 0 N–H and O–H groups in total. The van der Waals surface area contributed by atoms with Gasteiger partial charge in [0.1, 0.15) is 35.8 Å². The fourth-order valence-electron chi connectivity index (χ4n) is 10.2. The Morgan fingerprint density at radius 2 is 0.558 bits per heavy atom. The molecule has 10 rings (SSSR count).